The molecule has 0 bridgehead atoms. The molecular formula is C30H37N5O4. The SMILES string of the molecule is COCCOc1ccn2c(-c3ccc4cccc(NC5(C)CCN(C(=O)OC(C)(C)C)CC5)c4n3)cnc2c1. The number of carbonyl (C=O) groups is 1. The Morgan fingerprint density at radius 1 is 1.10 bits per heavy atom. The number of pyridine rings is 2. The molecule has 1 fully saturated rings. The number of fused-ring (bicyclic) bond motifs is 2. The molecule has 4 heterocycles. The first kappa shape index (κ1) is 26.7. The minimum Gasteiger partial charge on any atom is -0.491 e. The Labute approximate surface area is 229 Å². The lowest BCUT2D eigenvalue weighted by Crippen LogP contribution is -2.50. The lowest BCUT2D eigenvalue weighted by Gasteiger charge is -2.41. The summed E-state index contributed by atoms with van der Waals surface area (Å²) in [6, 6.07) is 14.2. The summed E-state index contributed by atoms with van der Waals surface area (Å²) in [6.07, 6.45) is 5.17. The molecule has 1 amide bonds. The van der Waals surface area contributed by atoms with Gasteiger partial charge in [0.15, 0.2) is 0 Å². The number of hydrogen-bond acceptors (Lipinski definition) is 7. The number of benzene rings is 1. The molecule has 0 saturated carbocycles. The maximum atomic E-state index is 12.5. The number of nitrogens with zero attached hydrogens (tertiary/aromatic N) is 4. The Hall–Kier alpha value is -3.85. The molecule has 1 saturated heterocycles. The van der Waals surface area contributed by atoms with E-state index in [1.807, 2.05) is 61.8 Å². The molecular weight excluding hydrogens is 494 g/mol. The number of amides is 1. The number of rotatable bonds is 7. The zero-order chi connectivity index (χ0) is 27.6. The summed E-state index contributed by atoms with van der Waals surface area (Å²) >= 11 is 0. The van der Waals surface area contributed by atoms with Gasteiger partial charge in [-0.25, -0.2) is 14.8 Å². The van der Waals surface area contributed by atoms with E-state index >= 15 is 0 Å². The van der Waals surface area contributed by atoms with Gasteiger partial charge >= 0.3 is 6.09 Å². The number of anilines is 1. The van der Waals surface area contributed by atoms with E-state index in [0.717, 1.165) is 52.2 Å². The Morgan fingerprint density at radius 2 is 1.90 bits per heavy atom. The summed E-state index contributed by atoms with van der Waals surface area (Å²) < 4.78 is 18.4. The molecule has 0 spiro atoms. The van der Waals surface area contributed by atoms with Crippen molar-refractivity contribution in [1.82, 2.24) is 19.3 Å². The van der Waals surface area contributed by atoms with Gasteiger partial charge in [0.25, 0.3) is 0 Å². The maximum Gasteiger partial charge on any atom is 0.410 e. The lowest BCUT2D eigenvalue weighted by molar-refractivity contribution is 0.0184. The second kappa shape index (κ2) is 10.7. The molecule has 0 unspecified atom stereocenters. The van der Waals surface area contributed by atoms with Gasteiger partial charge in [-0.1, -0.05) is 18.2 Å². The first-order valence-corrected chi connectivity index (χ1v) is 13.4. The quantitative estimate of drug-likeness (QED) is 0.303. The fourth-order valence-corrected chi connectivity index (χ4v) is 4.83. The van der Waals surface area contributed by atoms with E-state index in [-0.39, 0.29) is 11.6 Å². The molecule has 0 atom stereocenters. The number of likely N-dealkylation sites (tertiary alicyclic amines) is 1. The van der Waals surface area contributed by atoms with Crippen LogP contribution in [0.25, 0.3) is 27.9 Å². The van der Waals surface area contributed by atoms with Gasteiger partial charge in [-0.2, -0.15) is 0 Å². The topological polar surface area (TPSA) is 90.2 Å². The van der Waals surface area contributed by atoms with E-state index in [4.69, 9.17) is 19.2 Å². The third-order valence-corrected chi connectivity index (χ3v) is 6.98. The van der Waals surface area contributed by atoms with Crippen LogP contribution in [-0.2, 0) is 9.47 Å². The van der Waals surface area contributed by atoms with Crippen molar-refractivity contribution in [2.75, 3.05) is 38.7 Å². The summed E-state index contributed by atoms with van der Waals surface area (Å²) in [4.78, 5) is 24.0. The molecule has 9 heteroatoms. The minimum atomic E-state index is -0.497. The smallest absolute Gasteiger partial charge is 0.410 e. The van der Waals surface area contributed by atoms with E-state index in [1.165, 1.54) is 0 Å². The predicted molar refractivity (Wildman–Crippen MR) is 152 cm³/mol. The second-order valence-corrected chi connectivity index (χ2v) is 11.3. The molecule has 1 N–H and O–H groups in total. The van der Waals surface area contributed by atoms with Crippen LogP contribution in [0.1, 0.15) is 40.5 Å². The summed E-state index contributed by atoms with van der Waals surface area (Å²) in [6.45, 7) is 10.2. The highest BCUT2D eigenvalue weighted by atomic mass is 16.6. The molecule has 1 aliphatic heterocycles. The molecule has 0 aliphatic carbocycles. The van der Waals surface area contributed by atoms with Gasteiger partial charge in [0.1, 0.15) is 23.6 Å². The normalized spacial score (nSPS) is 15.5. The molecule has 206 valence electrons. The summed E-state index contributed by atoms with van der Waals surface area (Å²) in [5, 5.41) is 4.82. The van der Waals surface area contributed by atoms with Gasteiger partial charge in [0.2, 0.25) is 0 Å². The summed E-state index contributed by atoms with van der Waals surface area (Å²) in [7, 11) is 1.65. The van der Waals surface area contributed by atoms with Crippen LogP contribution in [0.5, 0.6) is 5.75 Å². The Morgan fingerprint density at radius 3 is 2.64 bits per heavy atom. The number of ether oxygens (including phenoxy) is 3. The number of carbonyl (C=O) groups excluding carboxylic acids is 1. The van der Waals surface area contributed by atoms with E-state index < -0.39 is 5.60 Å². The molecule has 5 rings (SSSR count). The van der Waals surface area contributed by atoms with E-state index in [9.17, 15) is 4.79 Å². The van der Waals surface area contributed by atoms with Gasteiger partial charge in [-0.15, -0.1) is 0 Å². The van der Waals surface area contributed by atoms with Crippen LogP contribution in [-0.4, -0.2) is 69.9 Å². The van der Waals surface area contributed by atoms with Crippen LogP contribution in [0, 0.1) is 0 Å². The summed E-state index contributed by atoms with van der Waals surface area (Å²) in [5.41, 5.74) is 3.74. The average molecular weight is 532 g/mol. The number of hydrogen-bond donors (Lipinski definition) is 1. The first-order valence-electron chi connectivity index (χ1n) is 13.4. The van der Waals surface area contributed by atoms with Crippen LogP contribution in [0.3, 0.4) is 0 Å². The highest BCUT2D eigenvalue weighted by molar-refractivity contribution is 5.92. The molecule has 0 radical (unpaired) electrons. The summed E-state index contributed by atoms with van der Waals surface area (Å²) in [5.74, 6) is 0.751. The van der Waals surface area contributed by atoms with Crippen molar-refractivity contribution in [3.05, 3.63) is 54.9 Å². The molecule has 39 heavy (non-hydrogen) atoms. The number of methoxy groups -OCH3 is 1. The largest absolute Gasteiger partial charge is 0.491 e. The third kappa shape index (κ3) is 6.09. The fourth-order valence-electron chi connectivity index (χ4n) is 4.83. The monoisotopic (exact) mass is 531 g/mol. The van der Waals surface area contributed by atoms with E-state index in [0.29, 0.717) is 26.3 Å². The van der Waals surface area contributed by atoms with Crippen molar-refractivity contribution in [3.63, 3.8) is 0 Å². The molecule has 1 aliphatic rings. The van der Waals surface area contributed by atoms with Gasteiger partial charge in [0.05, 0.1) is 35.4 Å². The van der Waals surface area contributed by atoms with Crippen molar-refractivity contribution < 1.29 is 19.0 Å². The van der Waals surface area contributed by atoms with Gasteiger partial charge in [-0.3, -0.25) is 4.40 Å². The molecule has 3 aromatic heterocycles. The molecule has 9 nitrogen and oxygen atoms in total. The Kier molecular flexibility index (Phi) is 7.36. The van der Waals surface area contributed by atoms with Crippen molar-refractivity contribution in [2.45, 2.75) is 51.7 Å². The van der Waals surface area contributed by atoms with E-state index in [2.05, 4.69) is 35.4 Å². The Balaban J connectivity index is 1.36. The molecule has 1 aromatic carbocycles. The Bertz CT molecular complexity index is 1470. The molecule has 4 aromatic rings. The zero-order valence-electron chi connectivity index (χ0n) is 23.4. The third-order valence-electron chi connectivity index (χ3n) is 6.98. The van der Waals surface area contributed by atoms with Crippen molar-refractivity contribution in [3.8, 4) is 17.1 Å². The first-order chi connectivity index (χ1) is 18.6. The van der Waals surface area contributed by atoms with Crippen molar-refractivity contribution in [1.29, 1.82) is 0 Å². The maximum absolute atomic E-state index is 12.5. The van der Waals surface area contributed by atoms with Gasteiger partial charge in [-0.05, 0) is 58.7 Å². The van der Waals surface area contributed by atoms with Crippen LogP contribution in [0.2, 0.25) is 0 Å². The lowest BCUT2D eigenvalue weighted by atomic mass is 9.89. The van der Waals surface area contributed by atoms with Crippen LogP contribution >= 0.6 is 0 Å². The number of piperidine rings is 1. The van der Waals surface area contributed by atoms with Crippen LogP contribution in [0.15, 0.2) is 54.9 Å². The van der Waals surface area contributed by atoms with E-state index in [1.54, 1.807) is 12.0 Å². The van der Waals surface area contributed by atoms with Gasteiger partial charge < -0.3 is 24.4 Å². The number of nitrogens with one attached hydrogen (secondary N) is 1. The van der Waals surface area contributed by atoms with Gasteiger partial charge in [0, 0.05) is 43.4 Å². The fraction of sp³-hybridized carbons (Fsp3) is 0.433. The second-order valence-electron chi connectivity index (χ2n) is 11.3. The zero-order valence-corrected chi connectivity index (χ0v) is 23.4. The average Bonchev–Trinajstić information content (AvgIpc) is 3.31. The van der Waals surface area contributed by atoms with Crippen LogP contribution < -0.4 is 10.1 Å². The standard InChI is InChI=1S/C30H37N5O4/c1-29(2,3)39-28(36)34-15-12-30(4,13-16-34)33-24-8-6-7-21-9-10-23(32-27(21)24)25-20-31-26-19-22(11-14-35(25)26)38-18-17-37-5/h6-11,14,19-20,33H,12-13,15-18H2,1-5H3. The van der Waals surface area contributed by atoms with Crippen LogP contribution in [0.4, 0.5) is 10.5 Å². The van der Waals surface area contributed by atoms with Crippen molar-refractivity contribution in [2.24, 2.45) is 0 Å². The van der Waals surface area contributed by atoms with Crippen molar-refractivity contribution >= 4 is 28.3 Å². The predicted octanol–water partition coefficient (Wildman–Crippen LogP) is 5.78. The number of aromatic nitrogens is 3. The highest BCUT2D eigenvalue weighted by Gasteiger charge is 2.34. The number of imidazole rings is 1. The minimum absolute atomic E-state index is 0.174. The highest BCUT2D eigenvalue weighted by Crippen LogP contribution is 2.32. The number of para-hydroxylation sites is 1.